The summed E-state index contributed by atoms with van der Waals surface area (Å²) in [6, 6.07) is 8.57. The number of hydrogen-bond acceptors (Lipinski definition) is 7. The van der Waals surface area contributed by atoms with Crippen molar-refractivity contribution in [1.82, 2.24) is 9.78 Å². The maximum absolute atomic E-state index is 12.4. The molecule has 24 heavy (non-hydrogen) atoms. The van der Waals surface area contributed by atoms with Gasteiger partial charge >= 0.3 is 5.76 Å². The lowest BCUT2D eigenvalue weighted by molar-refractivity contribution is 0.0963. The number of thiophene rings is 1. The highest BCUT2D eigenvalue weighted by Crippen LogP contribution is 2.31. The van der Waals surface area contributed by atoms with Crippen molar-refractivity contribution in [3.63, 3.8) is 0 Å². The number of nitrogens with zero attached hydrogens (tertiary/aromatic N) is 2. The summed E-state index contributed by atoms with van der Waals surface area (Å²) in [7, 11) is 0. The third kappa shape index (κ3) is 2.71. The number of carbonyl (C=O) groups is 1. The van der Waals surface area contributed by atoms with Crippen molar-refractivity contribution in [2.75, 3.05) is 13.2 Å². The van der Waals surface area contributed by atoms with Gasteiger partial charge in [-0.05, 0) is 29.6 Å². The zero-order chi connectivity index (χ0) is 16.5. The Morgan fingerprint density at radius 2 is 2.04 bits per heavy atom. The summed E-state index contributed by atoms with van der Waals surface area (Å²) in [5.74, 6) is 0.421. The normalized spacial score (nSPS) is 13.0. The first kappa shape index (κ1) is 14.7. The van der Waals surface area contributed by atoms with Crippen molar-refractivity contribution in [2.45, 2.75) is 6.54 Å². The largest absolute Gasteiger partial charge is 0.486 e. The molecule has 0 saturated carbocycles. The van der Waals surface area contributed by atoms with Crippen molar-refractivity contribution in [3.05, 3.63) is 51.8 Å². The molecule has 4 rings (SSSR count). The van der Waals surface area contributed by atoms with Crippen molar-refractivity contribution in [3.8, 4) is 22.3 Å². The fourth-order valence-corrected chi connectivity index (χ4v) is 2.99. The first-order valence-corrected chi connectivity index (χ1v) is 8.13. The van der Waals surface area contributed by atoms with Crippen LogP contribution >= 0.6 is 11.3 Å². The van der Waals surface area contributed by atoms with E-state index in [9.17, 15) is 9.59 Å². The van der Waals surface area contributed by atoms with Gasteiger partial charge in [-0.15, -0.1) is 16.4 Å². The second kappa shape index (κ2) is 5.97. The quantitative estimate of drug-likeness (QED) is 0.675. The molecule has 7 nitrogen and oxygen atoms in total. The van der Waals surface area contributed by atoms with E-state index in [4.69, 9.17) is 13.9 Å². The lowest BCUT2D eigenvalue weighted by Gasteiger charge is -2.18. The highest BCUT2D eigenvalue weighted by molar-refractivity contribution is 7.13. The number of hydrogen-bond donors (Lipinski definition) is 0. The predicted octanol–water partition coefficient (Wildman–Crippen LogP) is 2.22. The summed E-state index contributed by atoms with van der Waals surface area (Å²) in [5, 5.41) is 5.93. The fraction of sp³-hybridized carbons (Fsp3) is 0.188. The van der Waals surface area contributed by atoms with Gasteiger partial charge < -0.3 is 13.9 Å². The molecule has 3 heterocycles. The van der Waals surface area contributed by atoms with Gasteiger partial charge in [0.25, 0.3) is 5.89 Å². The van der Waals surface area contributed by atoms with Gasteiger partial charge in [0.15, 0.2) is 17.3 Å². The Balaban J connectivity index is 1.57. The molecule has 0 atom stereocenters. The summed E-state index contributed by atoms with van der Waals surface area (Å²) >= 11 is 1.40. The predicted molar refractivity (Wildman–Crippen MR) is 85.8 cm³/mol. The van der Waals surface area contributed by atoms with Crippen molar-refractivity contribution in [2.24, 2.45) is 0 Å². The van der Waals surface area contributed by atoms with E-state index < -0.39 is 5.76 Å². The van der Waals surface area contributed by atoms with Crippen molar-refractivity contribution < 1.29 is 18.7 Å². The SMILES string of the molecule is O=C(Cn1nc(-c2cccs2)oc1=O)c1ccc2c(c1)OCCO2. The number of ether oxygens (including phenoxy) is 2. The number of fused-ring (bicyclic) bond motifs is 1. The molecule has 122 valence electrons. The highest BCUT2D eigenvalue weighted by atomic mass is 32.1. The summed E-state index contributed by atoms with van der Waals surface area (Å²) in [6.45, 7) is 0.727. The molecule has 0 saturated heterocycles. The van der Waals surface area contributed by atoms with E-state index in [1.807, 2.05) is 11.4 Å². The molecule has 8 heteroatoms. The van der Waals surface area contributed by atoms with Crippen LogP contribution in [0.3, 0.4) is 0 Å². The second-order valence-electron chi connectivity index (χ2n) is 5.09. The topological polar surface area (TPSA) is 83.6 Å². The molecule has 0 unspecified atom stereocenters. The minimum Gasteiger partial charge on any atom is -0.486 e. The van der Waals surface area contributed by atoms with Crippen LogP contribution in [-0.2, 0) is 6.54 Å². The average Bonchev–Trinajstić information content (AvgIpc) is 3.25. The number of rotatable bonds is 4. The number of carbonyl (C=O) groups excluding carboxylic acids is 1. The molecule has 0 bridgehead atoms. The van der Waals surface area contributed by atoms with Crippen LogP contribution in [0, 0.1) is 0 Å². The Labute approximate surface area is 140 Å². The lowest BCUT2D eigenvalue weighted by atomic mass is 10.1. The second-order valence-corrected chi connectivity index (χ2v) is 6.04. The van der Waals surface area contributed by atoms with E-state index in [-0.39, 0.29) is 18.2 Å². The van der Waals surface area contributed by atoms with Gasteiger partial charge in [-0.1, -0.05) is 6.07 Å². The molecule has 0 aliphatic carbocycles. The molecule has 1 aromatic carbocycles. The summed E-state index contributed by atoms with van der Waals surface area (Å²) in [5.41, 5.74) is 0.423. The molecular weight excluding hydrogens is 332 g/mol. The third-order valence-corrected chi connectivity index (χ3v) is 4.35. The van der Waals surface area contributed by atoms with Gasteiger partial charge in [-0.3, -0.25) is 4.79 Å². The van der Waals surface area contributed by atoms with E-state index in [0.717, 1.165) is 9.56 Å². The van der Waals surface area contributed by atoms with Crippen molar-refractivity contribution in [1.29, 1.82) is 0 Å². The summed E-state index contributed by atoms with van der Waals surface area (Å²) in [6.07, 6.45) is 0. The van der Waals surface area contributed by atoms with Crippen LogP contribution in [0.25, 0.3) is 10.8 Å². The van der Waals surface area contributed by atoms with Crippen molar-refractivity contribution >= 4 is 17.1 Å². The zero-order valence-corrected chi connectivity index (χ0v) is 13.2. The summed E-state index contributed by atoms with van der Waals surface area (Å²) < 4.78 is 17.0. The van der Waals surface area contributed by atoms with Gasteiger partial charge in [0.1, 0.15) is 19.8 Å². The van der Waals surface area contributed by atoms with Crippen LogP contribution in [0.4, 0.5) is 0 Å². The van der Waals surface area contributed by atoms with Crippen LogP contribution in [0.15, 0.2) is 44.9 Å². The molecule has 0 amide bonds. The molecule has 1 aliphatic heterocycles. The van der Waals surface area contributed by atoms with Crippen LogP contribution < -0.4 is 15.2 Å². The monoisotopic (exact) mass is 344 g/mol. The van der Waals surface area contributed by atoms with E-state index in [1.165, 1.54) is 11.3 Å². The molecule has 1 aliphatic rings. The third-order valence-electron chi connectivity index (χ3n) is 3.50. The maximum atomic E-state index is 12.4. The van der Waals surface area contributed by atoms with Gasteiger partial charge in [-0.25, -0.2) is 4.79 Å². The lowest BCUT2D eigenvalue weighted by Crippen LogP contribution is -2.22. The first-order valence-electron chi connectivity index (χ1n) is 7.25. The Morgan fingerprint density at radius 3 is 2.83 bits per heavy atom. The highest BCUT2D eigenvalue weighted by Gasteiger charge is 2.18. The standard InChI is InChI=1S/C16H12N2O5S/c19-11(10-3-4-12-13(8-10)22-6-5-21-12)9-18-16(20)23-15(17-18)14-2-1-7-24-14/h1-4,7-8H,5-6,9H2. The Bertz CT molecular complexity index is 942. The van der Waals surface area contributed by atoms with Gasteiger partial charge in [0, 0.05) is 5.56 Å². The molecule has 2 aromatic heterocycles. The number of Topliss-reactive ketones (excluding diaryl/α,β-unsaturated/α-hetero) is 1. The van der Waals surface area contributed by atoms with Crippen LogP contribution in [0.5, 0.6) is 11.5 Å². The maximum Gasteiger partial charge on any atom is 0.437 e. The smallest absolute Gasteiger partial charge is 0.437 e. The fourth-order valence-electron chi connectivity index (χ4n) is 2.35. The summed E-state index contributed by atoms with van der Waals surface area (Å²) in [4.78, 5) is 25.0. The number of ketones is 1. The van der Waals surface area contributed by atoms with E-state index in [1.54, 1.807) is 24.3 Å². The Hall–Kier alpha value is -2.87. The van der Waals surface area contributed by atoms with Crippen LogP contribution in [0.1, 0.15) is 10.4 Å². The number of aromatic nitrogens is 2. The molecular formula is C16H12N2O5S. The Morgan fingerprint density at radius 1 is 1.21 bits per heavy atom. The molecule has 3 aromatic rings. The minimum atomic E-state index is -0.663. The Kier molecular flexibility index (Phi) is 3.66. The number of benzene rings is 1. The van der Waals surface area contributed by atoms with E-state index >= 15 is 0 Å². The van der Waals surface area contributed by atoms with Gasteiger partial charge in [0.05, 0.1) is 4.88 Å². The van der Waals surface area contributed by atoms with Crippen LogP contribution in [-0.4, -0.2) is 28.8 Å². The van der Waals surface area contributed by atoms with E-state index in [0.29, 0.717) is 30.3 Å². The molecule has 0 N–H and O–H groups in total. The molecule has 0 fully saturated rings. The minimum absolute atomic E-state index is 0.201. The molecule has 0 spiro atoms. The zero-order valence-electron chi connectivity index (χ0n) is 12.4. The molecule has 0 radical (unpaired) electrons. The van der Waals surface area contributed by atoms with Crippen LogP contribution in [0.2, 0.25) is 0 Å². The first-order chi connectivity index (χ1) is 11.7. The van der Waals surface area contributed by atoms with Gasteiger partial charge in [0.2, 0.25) is 0 Å². The average molecular weight is 344 g/mol. The van der Waals surface area contributed by atoms with E-state index in [2.05, 4.69) is 5.10 Å². The van der Waals surface area contributed by atoms with Gasteiger partial charge in [-0.2, -0.15) is 4.68 Å².